The van der Waals surface area contributed by atoms with E-state index < -0.39 is 10.8 Å². The van der Waals surface area contributed by atoms with Crippen molar-refractivity contribution in [2.24, 2.45) is 5.73 Å². The van der Waals surface area contributed by atoms with Gasteiger partial charge in [-0.1, -0.05) is 0 Å². The van der Waals surface area contributed by atoms with Crippen LogP contribution >= 0.6 is 0 Å². The van der Waals surface area contributed by atoms with E-state index in [-0.39, 0.29) is 22.6 Å². The number of amides is 1. The van der Waals surface area contributed by atoms with E-state index in [2.05, 4.69) is 15.6 Å². The summed E-state index contributed by atoms with van der Waals surface area (Å²) in [4.78, 5) is 25.4. The summed E-state index contributed by atoms with van der Waals surface area (Å²) in [6, 6.07) is 1.14. The minimum absolute atomic E-state index is 0.0299. The van der Waals surface area contributed by atoms with E-state index in [1.54, 1.807) is 0 Å². The number of nitro groups is 1. The van der Waals surface area contributed by atoms with Crippen LogP contribution in [0.5, 0.6) is 0 Å². The molecule has 8 heteroatoms. The van der Waals surface area contributed by atoms with Crippen LogP contribution in [0, 0.1) is 10.1 Å². The van der Waals surface area contributed by atoms with Gasteiger partial charge in [0.2, 0.25) is 0 Å². The number of carbonyl (C=O) groups is 1. The maximum Gasteiger partial charge on any atom is 0.288 e. The van der Waals surface area contributed by atoms with Gasteiger partial charge < -0.3 is 16.4 Å². The van der Waals surface area contributed by atoms with Crippen molar-refractivity contribution in [3.63, 3.8) is 0 Å². The summed E-state index contributed by atoms with van der Waals surface area (Å²) in [5, 5.41) is 17.0. The molecule has 102 valence electrons. The van der Waals surface area contributed by atoms with Gasteiger partial charge in [0.05, 0.1) is 10.5 Å². The average molecular weight is 265 g/mol. The number of rotatable bonds is 4. The third-order valence-corrected chi connectivity index (χ3v) is 3.14. The second-order valence-electron chi connectivity index (χ2n) is 4.82. The number of hydrogen-bond acceptors (Lipinski definition) is 6. The summed E-state index contributed by atoms with van der Waals surface area (Å²) in [6.45, 7) is 3.58. The molecule has 2 heterocycles. The number of nitrogens with one attached hydrogen (secondary N) is 2. The maximum atomic E-state index is 11.4. The Balaban J connectivity index is 2.34. The Morgan fingerprint density at radius 3 is 2.95 bits per heavy atom. The molecule has 1 aliphatic rings. The first-order chi connectivity index (χ1) is 8.91. The number of nitrogens with two attached hydrogens (primary N) is 1. The Bertz CT molecular complexity index is 525. The van der Waals surface area contributed by atoms with E-state index in [1.807, 2.05) is 6.92 Å². The van der Waals surface area contributed by atoms with E-state index in [4.69, 9.17) is 5.73 Å². The lowest BCUT2D eigenvalue weighted by Crippen LogP contribution is -2.38. The molecule has 1 saturated heterocycles. The van der Waals surface area contributed by atoms with Crippen molar-refractivity contribution in [3.05, 3.63) is 27.9 Å². The molecule has 0 radical (unpaired) electrons. The van der Waals surface area contributed by atoms with Crippen LogP contribution in [0.4, 0.5) is 11.5 Å². The topological polar surface area (TPSA) is 123 Å². The van der Waals surface area contributed by atoms with Crippen molar-refractivity contribution in [2.75, 3.05) is 18.4 Å². The molecule has 1 unspecified atom stereocenters. The van der Waals surface area contributed by atoms with Crippen LogP contribution in [0.1, 0.15) is 23.7 Å². The summed E-state index contributed by atoms with van der Waals surface area (Å²) in [6.07, 6.45) is 1.98. The van der Waals surface area contributed by atoms with Gasteiger partial charge in [0.1, 0.15) is 12.0 Å². The molecule has 1 amide bonds. The van der Waals surface area contributed by atoms with Crippen LogP contribution in [0.25, 0.3) is 0 Å². The molecule has 1 atom stereocenters. The molecule has 0 bridgehead atoms. The van der Waals surface area contributed by atoms with Gasteiger partial charge in [0.25, 0.3) is 11.6 Å². The van der Waals surface area contributed by atoms with Gasteiger partial charge in [-0.3, -0.25) is 14.9 Å². The van der Waals surface area contributed by atoms with Crippen LogP contribution in [0.3, 0.4) is 0 Å². The average Bonchev–Trinajstić information content (AvgIpc) is 2.75. The van der Waals surface area contributed by atoms with Crippen molar-refractivity contribution < 1.29 is 9.72 Å². The number of aromatic nitrogens is 1. The lowest BCUT2D eigenvalue weighted by Gasteiger charge is -2.25. The van der Waals surface area contributed by atoms with Gasteiger partial charge in [-0.25, -0.2) is 4.98 Å². The molecular formula is C11H15N5O3. The fourth-order valence-corrected chi connectivity index (χ4v) is 2.05. The van der Waals surface area contributed by atoms with Gasteiger partial charge in [0, 0.05) is 18.2 Å². The highest BCUT2D eigenvalue weighted by molar-refractivity contribution is 5.98. The van der Waals surface area contributed by atoms with Crippen molar-refractivity contribution in [3.8, 4) is 0 Å². The molecular weight excluding hydrogens is 250 g/mol. The Kier molecular flexibility index (Phi) is 3.34. The second-order valence-corrected chi connectivity index (χ2v) is 4.82. The van der Waals surface area contributed by atoms with Gasteiger partial charge in [-0.05, 0) is 19.9 Å². The van der Waals surface area contributed by atoms with Gasteiger partial charge in [0.15, 0.2) is 0 Å². The molecule has 0 spiro atoms. The Morgan fingerprint density at radius 1 is 1.68 bits per heavy atom. The van der Waals surface area contributed by atoms with E-state index >= 15 is 0 Å². The summed E-state index contributed by atoms with van der Waals surface area (Å²) in [5.41, 5.74) is 4.78. The minimum Gasteiger partial charge on any atom is -0.365 e. The predicted molar refractivity (Wildman–Crippen MR) is 68.9 cm³/mol. The zero-order chi connectivity index (χ0) is 14.0. The summed E-state index contributed by atoms with van der Waals surface area (Å²) in [5.74, 6) is -0.461. The summed E-state index contributed by atoms with van der Waals surface area (Å²) in [7, 11) is 0. The first kappa shape index (κ1) is 13.2. The smallest absolute Gasteiger partial charge is 0.288 e. The minimum atomic E-state index is -0.742. The second kappa shape index (κ2) is 4.81. The molecule has 4 N–H and O–H groups in total. The first-order valence-corrected chi connectivity index (χ1v) is 5.84. The van der Waals surface area contributed by atoms with Crippen molar-refractivity contribution in [1.29, 1.82) is 0 Å². The lowest BCUT2D eigenvalue weighted by molar-refractivity contribution is -0.385. The standard InChI is InChI=1S/C11H15N5O3/c1-11(2-3-13-6-11)15-10-8(9(12)17)4-7(5-14-10)16(18)19/h4-5,13H,2-3,6H2,1H3,(H2,12,17)(H,14,15). The molecule has 0 aliphatic carbocycles. The number of pyridine rings is 1. The van der Waals surface area contributed by atoms with Crippen molar-refractivity contribution in [1.82, 2.24) is 10.3 Å². The number of hydrogen-bond donors (Lipinski definition) is 3. The maximum absolute atomic E-state index is 11.4. The summed E-state index contributed by atoms with van der Waals surface area (Å²) < 4.78 is 0. The van der Waals surface area contributed by atoms with E-state index in [1.165, 1.54) is 0 Å². The normalized spacial score (nSPS) is 22.2. The van der Waals surface area contributed by atoms with Crippen LogP contribution in [0.2, 0.25) is 0 Å². The zero-order valence-corrected chi connectivity index (χ0v) is 10.5. The molecule has 8 nitrogen and oxygen atoms in total. The number of anilines is 1. The molecule has 1 aliphatic heterocycles. The van der Waals surface area contributed by atoms with Crippen molar-refractivity contribution >= 4 is 17.4 Å². The molecule has 1 aromatic heterocycles. The Hall–Kier alpha value is -2.22. The first-order valence-electron chi connectivity index (χ1n) is 5.84. The van der Waals surface area contributed by atoms with E-state index in [9.17, 15) is 14.9 Å². The third-order valence-electron chi connectivity index (χ3n) is 3.14. The third kappa shape index (κ3) is 2.79. The number of primary amides is 1. The van der Waals surface area contributed by atoms with Crippen LogP contribution in [0.15, 0.2) is 12.3 Å². The number of carbonyl (C=O) groups excluding carboxylic acids is 1. The highest BCUT2D eigenvalue weighted by atomic mass is 16.6. The SMILES string of the molecule is CC1(Nc2ncc([N+](=O)[O-])cc2C(N)=O)CCNC1. The molecule has 1 fully saturated rings. The largest absolute Gasteiger partial charge is 0.365 e. The van der Waals surface area contributed by atoms with E-state index in [0.717, 1.165) is 31.8 Å². The fourth-order valence-electron chi connectivity index (χ4n) is 2.05. The monoisotopic (exact) mass is 265 g/mol. The van der Waals surface area contributed by atoms with Gasteiger partial charge in [-0.15, -0.1) is 0 Å². The molecule has 0 aromatic carbocycles. The van der Waals surface area contributed by atoms with Crippen LogP contribution in [-0.4, -0.2) is 34.4 Å². The Morgan fingerprint density at radius 2 is 2.42 bits per heavy atom. The quantitative estimate of drug-likeness (QED) is 0.529. The van der Waals surface area contributed by atoms with Crippen molar-refractivity contribution in [2.45, 2.75) is 18.9 Å². The highest BCUT2D eigenvalue weighted by Gasteiger charge is 2.30. The fraction of sp³-hybridized carbons (Fsp3) is 0.455. The van der Waals surface area contributed by atoms with Crippen LogP contribution in [-0.2, 0) is 0 Å². The van der Waals surface area contributed by atoms with Gasteiger partial charge in [-0.2, -0.15) is 0 Å². The zero-order valence-electron chi connectivity index (χ0n) is 10.5. The highest BCUT2D eigenvalue weighted by Crippen LogP contribution is 2.24. The Labute approximate surface area is 109 Å². The molecule has 19 heavy (non-hydrogen) atoms. The molecule has 1 aromatic rings. The predicted octanol–water partition coefficient (Wildman–Crippen LogP) is 0.253. The van der Waals surface area contributed by atoms with E-state index in [0.29, 0.717) is 0 Å². The number of nitrogens with zero attached hydrogens (tertiary/aromatic N) is 2. The van der Waals surface area contributed by atoms with Gasteiger partial charge >= 0.3 is 0 Å². The summed E-state index contributed by atoms with van der Waals surface area (Å²) >= 11 is 0. The lowest BCUT2D eigenvalue weighted by atomic mass is 10.0. The molecule has 0 saturated carbocycles. The molecule has 2 rings (SSSR count). The van der Waals surface area contributed by atoms with Crippen LogP contribution < -0.4 is 16.4 Å².